The molecule has 0 aromatic heterocycles. The molecule has 0 amide bonds. The number of hydrogen-bond acceptors (Lipinski definition) is 0. The van der Waals surface area contributed by atoms with Crippen molar-refractivity contribution in [3.05, 3.63) is 6.92 Å². The third-order valence-corrected chi connectivity index (χ3v) is 1.44. The third kappa shape index (κ3) is 4.17. The minimum atomic E-state index is 0.838. The van der Waals surface area contributed by atoms with E-state index in [2.05, 4.69) is 13.8 Å². The summed E-state index contributed by atoms with van der Waals surface area (Å²) < 4.78 is 0. The van der Waals surface area contributed by atoms with Crippen LogP contribution < -0.4 is 0 Å². The van der Waals surface area contributed by atoms with Gasteiger partial charge >= 0.3 is 0 Å². The molecule has 0 saturated carbocycles. The van der Waals surface area contributed by atoms with Crippen LogP contribution in [0, 0.1) is 12.8 Å². The van der Waals surface area contributed by atoms with E-state index >= 15 is 0 Å². The number of hydrogen-bond donors (Lipinski definition) is 0. The highest BCUT2D eigenvalue weighted by Gasteiger charge is 1.95. The van der Waals surface area contributed by atoms with Crippen LogP contribution in [0.4, 0.5) is 0 Å². The molecule has 8 heavy (non-hydrogen) atoms. The van der Waals surface area contributed by atoms with Crippen LogP contribution >= 0.6 is 0 Å². The summed E-state index contributed by atoms with van der Waals surface area (Å²) in [6, 6.07) is 0. The molecule has 0 rings (SSSR count). The Morgan fingerprint density at radius 2 is 2.00 bits per heavy atom. The lowest BCUT2D eigenvalue weighted by Crippen LogP contribution is -1.91. The molecule has 0 heterocycles. The largest absolute Gasteiger partial charge is 0.0654 e. The van der Waals surface area contributed by atoms with Gasteiger partial charge in [-0.25, -0.2) is 0 Å². The van der Waals surface area contributed by atoms with Crippen molar-refractivity contribution in [1.82, 2.24) is 0 Å². The molecule has 0 aromatic rings. The predicted molar refractivity (Wildman–Crippen MR) is 37.6 cm³/mol. The van der Waals surface area contributed by atoms with Crippen molar-refractivity contribution in [3.63, 3.8) is 0 Å². The monoisotopic (exact) mass is 112 g/mol. The van der Waals surface area contributed by atoms with Crippen LogP contribution in [0.25, 0.3) is 0 Å². The summed E-state index contributed by atoms with van der Waals surface area (Å²) in [5.74, 6) is 0.838. The van der Waals surface area contributed by atoms with E-state index in [0.29, 0.717) is 0 Å². The maximum Gasteiger partial charge on any atom is -0.0352 e. The topological polar surface area (TPSA) is 0 Å². The molecule has 0 heteroatoms. The van der Waals surface area contributed by atoms with Crippen molar-refractivity contribution < 1.29 is 0 Å². The molecule has 1 unspecified atom stereocenters. The first-order valence-electron chi connectivity index (χ1n) is 3.51. The average Bonchev–Trinajstić information content (AvgIpc) is 1.68. The summed E-state index contributed by atoms with van der Waals surface area (Å²) in [4.78, 5) is 0. The molecular weight excluding hydrogens is 96.1 g/mol. The van der Waals surface area contributed by atoms with Crippen molar-refractivity contribution in [1.29, 1.82) is 0 Å². The summed E-state index contributed by atoms with van der Waals surface area (Å²) in [5.41, 5.74) is 0. The Labute approximate surface area is 53.3 Å². The Morgan fingerprint density at radius 1 is 1.38 bits per heavy atom. The fourth-order valence-corrected chi connectivity index (χ4v) is 0.922. The second-order valence-corrected chi connectivity index (χ2v) is 2.47. The van der Waals surface area contributed by atoms with Crippen molar-refractivity contribution in [2.75, 3.05) is 0 Å². The molecule has 0 aliphatic heterocycles. The molecule has 0 fully saturated rings. The lowest BCUT2D eigenvalue weighted by atomic mass is 10.0. The van der Waals surface area contributed by atoms with Gasteiger partial charge in [0.2, 0.25) is 0 Å². The van der Waals surface area contributed by atoms with E-state index in [1.54, 1.807) is 0 Å². The zero-order valence-corrected chi connectivity index (χ0v) is 5.98. The SMILES string of the molecule is [CH]CCC(C)CCC. The van der Waals surface area contributed by atoms with E-state index in [9.17, 15) is 0 Å². The van der Waals surface area contributed by atoms with Crippen LogP contribution in [0.15, 0.2) is 0 Å². The first kappa shape index (κ1) is 8.00. The van der Waals surface area contributed by atoms with E-state index in [1.807, 2.05) is 0 Å². The van der Waals surface area contributed by atoms with Crippen molar-refractivity contribution in [3.8, 4) is 0 Å². The maximum atomic E-state index is 5.36. The molecule has 2 radical (unpaired) electrons. The van der Waals surface area contributed by atoms with Crippen LogP contribution in [-0.4, -0.2) is 0 Å². The Morgan fingerprint density at radius 3 is 2.38 bits per heavy atom. The van der Waals surface area contributed by atoms with E-state index in [4.69, 9.17) is 6.92 Å². The first-order valence-corrected chi connectivity index (χ1v) is 3.51. The quantitative estimate of drug-likeness (QED) is 0.524. The van der Waals surface area contributed by atoms with Gasteiger partial charge in [0.15, 0.2) is 0 Å². The second kappa shape index (κ2) is 5.14. The van der Waals surface area contributed by atoms with Crippen molar-refractivity contribution in [2.45, 2.75) is 39.5 Å². The van der Waals surface area contributed by atoms with Gasteiger partial charge in [-0.05, 0) is 19.3 Å². The average molecular weight is 112 g/mol. The van der Waals surface area contributed by atoms with Gasteiger partial charge in [0.1, 0.15) is 0 Å². The van der Waals surface area contributed by atoms with Gasteiger partial charge in [0.05, 0.1) is 0 Å². The molecule has 0 N–H and O–H groups in total. The predicted octanol–water partition coefficient (Wildman–Crippen LogP) is 2.91. The molecule has 0 spiro atoms. The smallest absolute Gasteiger partial charge is 0.0352 e. The molecule has 0 bridgehead atoms. The highest BCUT2D eigenvalue weighted by Crippen LogP contribution is 2.10. The van der Waals surface area contributed by atoms with Gasteiger partial charge in [-0.3, -0.25) is 0 Å². The van der Waals surface area contributed by atoms with E-state index in [1.165, 1.54) is 19.3 Å². The molecular formula is C8H16. The second-order valence-electron chi connectivity index (χ2n) is 2.47. The first-order chi connectivity index (χ1) is 3.81. The summed E-state index contributed by atoms with van der Waals surface area (Å²) in [7, 11) is 0. The Balaban J connectivity index is 2.92. The highest BCUT2D eigenvalue weighted by atomic mass is 14.0. The van der Waals surface area contributed by atoms with Gasteiger partial charge < -0.3 is 0 Å². The normalized spacial score (nSPS) is 10.5. The Hall–Kier alpha value is 0. The fourth-order valence-electron chi connectivity index (χ4n) is 0.922. The molecule has 0 aromatic carbocycles. The summed E-state index contributed by atoms with van der Waals surface area (Å²) in [6.07, 6.45) is 4.66. The molecule has 0 aliphatic carbocycles. The zero-order valence-electron chi connectivity index (χ0n) is 5.98. The Bertz CT molecular complexity index is 33.3. The fraction of sp³-hybridized carbons (Fsp3) is 0.875. The lowest BCUT2D eigenvalue weighted by Gasteiger charge is -2.05. The standard InChI is InChI=1S/C8H16/c1-4-6-8(3)7-5-2/h1,8H,4-7H2,2-3H3. The van der Waals surface area contributed by atoms with Gasteiger partial charge in [-0.1, -0.05) is 33.1 Å². The molecule has 48 valence electrons. The Kier molecular flexibility index (Phi) is 5.14. The van der Waals surface area contributed by atoms with Crippen LogP contribution in [0.1, 0.15) is 39.5 Å². The maximum absolute atomic E-state index is 5.36. The minimum absolute atomic E-state index is 0.838. The molecule has 0 nitrogen and oxygen atoms in total. The van der Waals surface area contributed by atoms with E-state index in [-0.39, 0.29) is 0 Å². The van der Waals surface area contributed by atoms with Crippen molar-refractivity contribution in [2.24, 2.45) is 5.92 Å². The summed E-state index contributed by atoms with van der Waals surface area (Å²) in [5, 5.41) is 0. The summed E-state index contributed by atoms with van der Waals surface area (Å²) in [6.45, 7) is 9.84. The van der Waals surface area contributed by atoms with Crippen LogP contribution in [0.2, 0.25) is 0 Å². The number of rotatable bonds is 4. The van der Waals surface area contributed by atoms with E-state index in [0.717, 1.165) is 12.3 Å². The van der Waals surface area contributed by atoms with Gasteiger partial charge in [0.25, 0.3) is 0 Å². The van der Waals surface area contributed by atoms with Gasteiger partial charge in [-0.2, -0.15) is 0 Å². The van der Waals surface area contributed by atoms with Gasteiger partial charge in [-0.15, -0.1) is 0 Å². The van der Waals surface area contributed by atoms with E-state index < -0.39 is 0 Å². The third-order valence-electron chi connectivity index (χ3n) is 1.44. The zero-order chi connectivity index (χ0) is 6.41. The molecule has 0 aliphatic rings. The minimum Gasteiger partial charge on any atom is -0.0654 e. The molecule has 0 saturated heterocycles. The van der Waals surface area contributed by atoms with Gasteiger partial charge in [0, 0.05) is 0 Å². The van der Waals surface area contributed by atoms with Crippen molar-refractivity contribution >= 4 is 0 Å². The molecule has 1 atom stereocenters. The summed E-state index contributed by atoms with van der Waals surface area (Å²) >= 11 is 0. The van der Waals surface area contributed by atoms with Crippen LogP contribution in [-0.2, 0) is 0 Å². The lowest BCUT2D eigenvalue weighted by molar-refractivity contribution is 0.490. The highest BCUT2D eigenvalue weighted by molar-refractivity contribution is 4.52. The van der Waals surface area contributed by atoms with Crippen LogP contribution in [0.3, 0.4) is 0 Å². The van der Waals surface area contributed by atoms with Crippen LogP contribution in [0.5, 0.6) is 0 Å².